The lowest BCUT2D eigenvalue weighted by Crippen LogP contribution is -2.20. The first kappa shape index (κ1) is 24.3. The number of hydrogen-bond acceptors (Lipinski definition) is 7. The standard InChI is InChI=1S/C26H22N4O5S2/c27-18-3-7-20(8-4-18)29-36(32,33)22-11-1-16-13-17-2-12-23(15-25(17)26(31)24(16)14-22)37(34,35)30-21-9-5-19(28)6-10-21/h1-12,14-15,29-30H,13,27-28H2. The van der Waals surface area contributed by atoms with Gasteiger partial charge in [0.25, 0.3) is 20.0 Å². The van der Waals surface area contributed by atoms with Crippen LogP contribution in [0.3, 0.4) is 0 Å². The van der Waals surface area contributed by atoms with Crippen molar-refractivity contribution >= 4 is 48.6 Å². The molecule has 4 aromatic rings. The number of nitrogens with two attached hydrogens (primary N) is 2. The van der Waals surface area contributed by atoms with Gasteiger partial charge in [-0.05, 0) is 90.3 Å². The maximum Gasteiger partial charge on any atom is 0.261 e. The molecule has 0 radical (unpaired) electrons. The molecule has 0 atom stereocenters. The Morgan fingerprint density at radius 2 is 0.946 bits per heavy atom. The molecule has 0 saturated carbocycles. The van der Waals surface area contributed by atoms with Gasteiger partial charge >= 0.3 is 0 Å². The van der Waals surface area contributed by atoms with Gasteiger partial charge in [-0.1, -0.05) is 12.1 Å². The van der Waals surface area contributed by atoms with Crippen molar-refractivity contribution in [1.29, 1.82) is 0 Å². The van der Waals surface area contributed by atoms with Crippen molar-refractivity contribution in [2.75, 3.05) is 20.9 Å². The molecule has 0 saturated heterocycles. The lowest BCUT2D eigenvalue weighted by molar-refractivity contribution is 0.103. The number of fused-ring (bicyclic) bond motifs is 2. The van der Waals surface area contributed by atoms with Gasteiger partial charge in [-0.15, -0.1) is 0 Å². The molecule has 0 bridgehead atoms. The zero-order chi connectivity index (χ0) is 26.4. The van der Waals surface area contributed by atoms with Crippen molar-refractivity contribution in [1.82, 2.24) is 0 Å². The van der Waals surface area contributed by atoms with E-state index in [1.807, 2.05) is 0 Å². The molecule has 0 heterocycles. The molecular formula is C26H22N4O5S2. The van der Waals surface area contributed by atoms with Crippen LogP contribution in [-0.4, -0.2) is 22.6 Å². The second-order valence-corrected chi connectivity index (χ2v) is 12.0. The minimum atomic E-state index is -3.99. The van der Waals surface area contributed by atoms with E-state index in [1.54, 1.807) is 36.4 Å². The number of sulfonamides is 2. The van der Waals surface area contributed by atoms with E-state index in [0.29, 0.717) is 40.3 Å². The van der Waals surface area contributed by atoms with E-state index >= 15 is 0 Å². The number of carbonyl (C=O) groups is 1. The van der Waals surface area contributed by atoms with Crippen molar-refractivity contribution < 1.29 is 21.6 Å². The number of nitrogens with one attached hydrogen (secondary N) is 2. The maximum atomic E-state index is 13.4. The van der Waals surface area contributed by atoms with Crippen LogP contribution in [0, 0.1) is 0 Å². The Labute approximate surface area is 214 Å². The fourth-order valence-electron chi connectivity index (χ4n) is 4.06. The molecule has 11 heteroatoms. The predicted octanol–water partition coefficient (Wildman–Crippen LogP) is 3.59. The van der Waals surface area contributed by atoms with Gasteiger partial charge in [0.15, 0.2) is 5.78 Å². The Morgan fingerprint density at radius 3 is 1.32 bits per heavy atom. The second kappa shape index (κ2) is 8.95. The Kier molecular flexibility index (Phi) is 5.89. The normalized spacial score (nSPS) is 12.9. The van der Waals surface area contributed by atoms with Crippen molar-refractivity contribution in [2.45, 2.75) is 16.2 Å². The molecule has 0 spiro atoms. The predicted molar refractivity (Wildman–Crippen MR) is 142 cm³/mol. The van der Waals surface area contributed by atoms with Crippen molar-refractivity contribution in [3.05, 3.63) is 107 Å². The van der Waals surface area contributed by atoms with Crippen LogP contribution in [0.1, 0.15) is 27.0 Å². The van der Waals surface area contributed by atoms with Gasteiger partial charge in [-0.3, -0.25) is 14.2 Å². The van der Waals surface area contributed by atoms with E-state index in [9.17, 15) is 21.6 Å². The third-order valence-electron chi connectivity index (χ3n) is 5.98. The van der Waals surface area contributed by atoms with Crippen LogP contribution in [0.2, 0.25) is 0 Å². The number of ketones is 1. The molecule has 0 aliphatic heterocycles. The van der Waals surface area contributed by atoms with Crippen molar-refractivity contribution in [2.24, 2.45) is 0 Å². The first-order chi connectivity index (χ1) is 17.5. The first-order valence-corrected chi connectivity index (χ1v) is 14.1. The Morgan fingerprint density at radius 1 is 0.568 bits per heavy atom. The van der Waals surface area contributed by atoms with Gasteiger partial charge < -0.3 is 11.5 Å². The molecule has 0 unspecified atom stereocenters. The average Bonchev–Trinajstić information content (AvgIpc) is 2.86. The molecule has 6 N–H and O–H groups in total. The lowest BCUT2D eigenvalue weighted by atomic mass is 9.85. The summed E-state index contributed by atoms with van der Waals surface area (Å²) in [7, 11) is -7.97. The van der Waals surface area contributed by atoms with Crippen molar-refractivity contribution in [3.8, 4) is 0 Å². The molecule has 0 aromatic heterocycles. The first-order valence-electron chi connectivity index (χ1n) is 11.1. The van der Waals surface area contributed by atoms with E-state index < -0.39 is 25.8 Å². The minimum absolute atomic E-state index is 0.0892. The summed E-state index contributed by atoms with van der Waals surface area (Å²) in [5.41, 5.74) is 14.7. The molecule has 188 valence electrons. The molecule has 0 amide bonds. The number of rotatable bonds is 6. The topological polar surface area (TPSA) is 161 Å². The van der Waals surface area contributed by atoms with Crippen LogP contribution >= 0.6 is 0 Å². The summed E-state index contributed by atoms with van der Waals surface area (Å²) < 4.78 is 56.8. The fraction of sp³-hybridized carbons (Fsp3) is 0.0385. The average molecular weight is 535 g/mol. The van der Waals surface area contributed by atoms with Crippen LogP contribution in [0.5, 0.6) is 0 Å². The third-order valence-corrected chi connectivity index (χ3v) is 8.74. The number of carbonyl (C=O) groups excluding carboxylic acids is 1. The Hall–Kier alpha value is -4.35. The van der Waals surface area contributed by atoms with Gasteiger partial charge in [0.1, 0.15) is 0 Å². The minimum Gasteiger partial charge on any atom is -0.399 e. The molecule has 1 aliphatic rings. The summed E-state index contributed by atoms with van der Waals surface area (Å²) in [6.45, 7) is 0. The van der Waals surface area contributed by atoms with E-state index in [4.69, 9.17) is 11.5 Å². The summed E-state index contributed by atoms with van der Waals surface area (Å²) >= 11 is 0. The second-order valence-electron chi connectivity index (χ2n) is 8.60. The Balaban J connectivity index is 1.45. The summed E-state index contributed by atoms with van der Waals surface area (Å²) in [5.74, 6) is -0.453. The number of hydrogen-bond donors (Lipinski definition) is 4. The van der Waals surface area contributed by atoms with Gasteiger partial charge in [0.2, 0.25) is 0 Å². The highest BCUT2D eigenvalue weighted by atomic mass is 32.2. The smallest absolute Gasteiger partial charge is 0.261 e. The van der Waals surface area contributed by atoms with Gasteiger partial charge in [0, 0.05) is 33.9 Å². The van der Waals surface area contributed by atoms with Crippen LogP contribution in [0.15, 0.2) is 94.7 Å². The quantitative estimate of drug-likeness (QED) is 0.242. The number of benzene rings is 4. The zero-order valence-electron chi connectivity index (χ0n) is 19.3. The molecule has 37 heavy (non-hydrogen) atoms. The zero-order valence-corrected chi connectivity index (χ0v) is 20.9. The van der Waals surface area contributed by atoms with E-state index in [2.05, 4.69) is 9.44 Å². The largest absolute Gasteiger partial charge is 0.399 e. The summed E-state index contributed by atoms with van der Waals surface area (Å²) in [6, 6.07) is 21.1. The summed E-state index contributed by atoms with van der Waals surface area (Å²) in [4.78, 5) is 13.2. The summed E-state index contributed by atoms with van der Waals surface area (Å²) in [5, 5.41) is 0. The van der Waals surface area contributed by atoms with E-state index in [1.165, 1.54) is 48.5 Å². The van der Waals surface area contributed by atoms with E-state index in [-0.39, 0.29) is 20.9 Å². The molecule has 5 rings (SSSR count). The van der Waals surface area contributed by atoms with Gasteiger partial charge in [-0.2, -0.15) is 0 Å². The Bertz CT molecular complexity index is 1620. The highest BCUT2D eigenvalue weighted by molar-refractivity contribution is 7.93. The molecular weight excluding hydrogens is 512 g/mol. The molecule has 9 nitrogen and oxygen atoms in total. The monoisotopic (exact) mass is 534 g/mol. The van der Waals surface area contributed by atoms with Crippen molar-refractivity contribution in [3.63, 3.8) is 0 Å². The van der Waals surface area contributed by atoms with Crippen LogP contribution in [0.25, 0.3) is 0 Å². The fourth-order valence-corrected chi connectivity index (χ4v) is 6.23. The number of anilines is 4. The van der Waals surface area contributed by atoms with Crippen LogP contribution in [-0.2, 0) is 26.5 Å². The van der Waals surface area contributed by atoms with Crippen LogP contribution < -0.4 is 20.9 Å². The van der Waals surface area contributed by atoms with Crippen LogP contribution in [0.4, 0.5) is 22.7 Å². The van der Waals surface area contributed by atoms with Gasteiger partial charge in [-0.25, -0.2) is 16.8 Å². The molecule has 0 fully saturated rings. The van der Waals surface area contributed by atoms with Gasteiger partial charge in [0.05, 0.1) is 9.79 Å². The molecule has 4 aromatic carbocycles. The number of nitrogen functional groups attached to an aromatic ring is 2. The summed E-state index contributed by atoms with van der Waals surface area (Å²) in [6.07, 6.45) is 0.355. The lowest BCUT2D eigenvalue weighted by Gasteiger charge is -2.20. The van der Waals surface area contributed by atoms with E-state index in [0.717, 1.165) is 0 Å². The SMILES string of the molecule is Nc1ccc(NS(=O)(=O)c2ccc3c(c2)C(=O)c2cc(S(=O)(=O)Nc4ccc(N)cc4)ccc2C3)cc1. The molecule has 1 aliphatic carbocycles. The highest BCUT2D eigenvalue weighted by Crippen LogP contribution is 2.31. The highest BCUT2D eigenvalue weighted by Gasteiger charge is 2.28. The maximum absolute atomic E-state index is 13.4. The third kappa shape index (κ3) is 4.86.